The Kier molecular flexibility index (Phi) is 2.42. The number of aryl methyl sites for hydroxylation is 1. The van der Waals surface area contributed by atoms with E-state index in [9.17, 15) is 13.2 Å². The Balaban J connectivity index is 2.58. The number of aromatic carboxylic acids is 1. The van der Waals surface area contributed by atoms with Crippen molar-refractivity contribution >= 4 is 15.8 Å². The summed E-state index contributed by atoms with van der Waals surface area (Å²) in [5.74, 6) is -1.69. The molecule has 6 nitrogen and oxygen atoms in total. The third-order valence-corrected chi connectivity index (χ3v) is 4.05. The fourth-order valence-electron chi connectivity index (χ4n) is 1.73. The maximum Gasteiger partial charge on any atom is 0.373 e. The summed E-state index contributed by atoms with van der Waals surface area (Å²) in [5.41, 5.74) is 1.65. The summed E-state index contributed by atoms with van der Waals surface area (Å²) in [5, 5.41) is 8.77. The molecule has 0 aliphatic carbocycles. The third kappa shape index (κ3) is 1.90. The normalized spacial score (nSPS) is 17.8. The molecule has 2 heterocycles. The summed E-state index contributed by atoms with van der Waals surface area (Å²) in [4.78, 5) is 18.3. The second-order valence-electron chi connectivity index (χ2n) is 3.71. The van der Waals surface area contributed by atoms with Crippen LogP contribution in [0.2, 0.25) is 0 Å². The van der Waals surface area contributed by atoms with E-state index in [-0.39, 0.29) is 17.3 Å². The molecule has 2 rings (SSSR count). The van der Waals surface area contributed by atoms with Crippen molar-refractivity contribution in [2.75, 3.05) is 5.75 Å². The van der Waals surface area contributed by atoms with Gasteiger partial charge in [-0.2, -0.15) is 0 Å². The monoisotopic (exact) mass is 242 g/mol. The lowest BCUT2D eigenvalue weighted by Crippen LogP contribution is -2.23. The number of carbonyl (C=O) groups is 1. The van der Waals surface area contributed by atoms with E-state index in [0.717, 1.165) is 5.56 Å². The molecule has 7 heteroatoms. The van der Waals surface area contributed by atoms with Crippen LogP contribution in [0.5, 0.6) is 0 Å². The summed E-state index contributed by atoms with van der Waals surface area (Å²) in [7, 11) is -3.14. The molecule has 86 valence electrons. The van der Waals surface area contributed by atoms with E-state index < -0.39 is 15.8 Å². The van der Waals surface area contributed by atoms with E-state index in [2.05, 4.69) is 9.97 Å². The molecule has 16 heavy (non-hydrogen) atoms. The molecule has 0 saturated heterocycles. The number of sulfone groups is 1. The molecule has 0 spiro atoms. The second kappa shape index (κ2) is 3.51. The SMILES string of the molecule is Cc1nc(C(=O)O)nc2c1CCS(=O)(=O)C2. The van der Waals surface area contributed by atoms with Gasteiger partial charge in [0.05, 0.1) is 17.2 Å². The maximum atomic E-state index is 11.4. The Morgan fingerprint density at radius 1 is 1.38 bits per heavy atom. The van der Waals surface area contributed by atoms with Crippen LogP contribution in [-0.2, 0) is 22.0 Å². The lowest BCUT2D eigenvalue weighted by molar-refractivity contribution is 0.0682. The number of aromatic nitrogens is 2. The molecule has 1 aliphatic rings. The quantitative estimate of drug-likeness (QED) is 0.741. The lowest BCUT2D eigenvalue weighted by Gasteiger charge is -2.17. The molecule has 0 amide bonds. The third-order valence-electron chi connectivity index (χ3n) is 2.51. The highest BCUT2D eigenvalue weighted by atomic mass is 32.2. The molecule has 0 atom stereocenters. The van der Waals surface area contributed by atoms with Gasteiger partial charge in [-0.25, -0.2) is 23.2 Å². The van der Waals surface area contributed by atoms with Gasteiger partial charge in [-0.1, -0.05) is 0 Å². The highest BCUT2D eigenvalue weighted by molar-refractivity contribution is 7.90. The van der Waals surface area contributed by atoms with Crippen molar-refractivity contribution in [1.82, 2.24) is 9.97 Å². The first-order chi connectivity index (χ1) is 7.39. The Hall–Kier alpha value is -1.50. The smallest absolute Gasteiger partial charge is 0.373 e. The molecule has 0 bridgehead atoms. The van der Waals surface area contributed by atoms with Gasteiger partial charge in [0.1, 0.15) is 0 Å². The molecule has 0 fully saturated rings. The summed E-state index contributed by atoms with van der Waals surface area (Å²) in [6, 6.07) is 0. The van der Waals surface area contributed by atoms with Gasteiger partial charge in [-0.15, -0.1) is 0 Å². The van der Waals surface area contributed by atoms with Crippen molar-refractivity contribution in [2.45, 2.75) is 19.1 Å². The van der Waals surface area contributed by atoms with Gasteiger partial charge in [0.2, 0.25) is 5.82 Å². The highest BCUT2D eigenvalue weighted by Gasteiger charge is 2.26. The molecule has 0 unspecified atom stereocenters. The van der Waals surface area contributed by atoms with Crippen molar-refractivity contribution < 1.29 is 18.3 Å². The van der Waals surface area contributed by atoms with Gasteiger partial charge in [0, 0.05) is 5.69 Å². The molecular formula is C9H10N2O4S. The van der Waals surface area contributed by atoms with Crippen LogP contribution in [0.25, 0.3) is 0 Å². The lowest BCUT2D eigenvalue weighted by atomic mass is 10.1. The Bertz CT molecular complexity index is 565. The Labute approximate surface area is 92.3 Å². The molecule has 0 saturated carbocycles. The number of carboxylic acids is 1. The topological polar surface area (TPSA) is 97.2 Å². The van der Waals surface area contributed by atoms with Gasteiger partial charge >= 0.3 is 5.97 Å². The largest absolute Gasteiger partial charge is 0.475 e. The number of carboxylic acid groups (broad SMARTS) is 1. The zero-order chi connectivity index (χ0) is 11.9. The van der Waals surface area contributed by atoms with Gasteiger partial charge in [-0.05, 0) is 18.9 Å². The average molecular weight is 242 g/mol. The minimum atomic E-state index is -3.14. The summed E-state index contributed by atoms with van der Waals surface area (Å²) in [6.07, 6.45) is 0.364. The fraction of sp³-hybridized carbons (Fsp3) is 0.444. The van der Waals surface area contributed by atoms with Crippen LogP contribution < -0.4 is 0 Å². The maximum absolute atomic E-state index is 11.4. The predicted octanol–water partition coefficient (Wildman–Crippen LogP) is -0.0459. The van der Waals surface area contributed by atoms with Crippen LogP contribution in [0.1, 0.15) is 27.6 Å². The molecule has 1 aromatic heterocycles. The molecular weight excluding hydrogens is 232 g/mol. The Morgan fingerprint density at radius 2 is 2.06 bits per heavy atom. The summed E-state index contributed by atoms with van der Waals surface area (Å²) < 4.78 is 22.8. The van der Waals surface area contributed by atoms with Gasteiger partial charge < -0.3 is 5.11 Å². The van der Waals surface area contributed by atoms with Crippen molar-refractivity contribution in [2.24, 2.45) is 0 Å². The van der Waals surface area contributed by atoms with Crippen molar-refractivity contribution in [3.05, 3.63) is 22.8 Å². The van der Waals surface area contributed by atoms with Crippen LogP contribution in [-0.4, -0.2) is 35.2 Å². The van der Waals surface area contributed by atoms with Gasteiger partial charge in [0.25, 0.3) is 0 Å². The van der Waals surface area contributed by atoms with Crippen LogP contribution in [0.3, 0.4) is 0 Å². The summed E-state index contributed by atoms with van der Waals surface area (Å²) in [6.45, 7) is 1.67. The highest BCUT2D eigenvalue weighted by Crippen LogP contribution is 2.21. The number of fused-ring (bicyclic) bond motifs is 1. The van der Waals surface area contributed by atoms with Crippen LogP contribution >= 0.6 is 0 Å². The van der Waals surface area contributed by atoms with Gasteiger partial charge in [0.15, 0.2) is 9.84 Å². The van der Waals surface area contributed by atoms with E-state index >= 15 is 0 Å². The van der Waals surface area contributed by atoms with Crippen molar-refractivity contribution in [3.63, 3.8) is 0 Å². The first-order valence-corrected chi connectivity index (χ1v) is 6.51. The first-order valence-electron chi connectivity index (χ1n) is 4.69. The number of rotatable bonds is 1. The van der Waals surface area contributed by atoms with E-state index in [0.29, 0.717) is 17.8 Å². The first kappa shape index (κ1) is 11.0. The number of nitrogens with zero attached hydrogens (tertiary/aromatic N) is 2. The van der Waals surface area contributed by atoms with Crippen LogP contribution in [0, 0.1) is 6.92 Å². The Morgan fingerprint density at radius 3 is 2.69 bits per heavy atom. The predicted molar refractivity (Wildman–Crippen MR) is 54.9 cm³/mol. The fourth-order valence-corrected chi connectivity index (χ4v) is 3.05. The standard InChI is InChI=1S/C9H10N2O4S/c1-5-6-2-3-16(14,15)4-7(6)11-8(10-5)9(12)13/h2-4H2,1H3,(H,12,13). The molecule has 1 aromatic rings. The van der Waals surface area contributed by atoms with E-state index in [4.69, 9.17) is 5.11 Å². The summed E-state index contributed by atoms with van der Waals surface area (Å²) >= 11 is 0. The number of hydrogen-bond acceptors (Lipinski definition) is 5. The van der Waals surface area contributed by atoms with Crippen molar-refractivity contribution in [1.29, 1.82) is 0 Å². The van der Waals surface area contributed by atoms with E-state index in [1.165, 1.54) is 0 Å². The van der Waals surface area contributed by atoms with Crippen LogP contribution in [0.4, 0.5) is 0 Å². The van der Waals surface area contributed by atoms with Crippen LogP contribution in [0.15, 0.2) is 0 Å². The molecule has 1 aliphatic heterocycles. The average Bonchev–Trinajstić information content (AvgIpc) is 2.14. The second-order valence-corrected chi connectivity index (χ2v) is 5.89. The van der Waals surface area contributed by atoms with E-state index in [1.807, 2.05) is 0 Å². The van der Waals surface area contributed by atoms with E-state index in [1.54, 1.807) is 6.92 Å². The number of hydrogen-bond donors (Lipinski definition) is 1. The minimum Gasteiger partial charge on any atom is -0.475 e. The molecule has 1 N–H and O–H groups in total. The zero-order valence-electron chi connectivity index (χ0n) is 8.60. The minimum absolute atomic E-state index is 0.0800. The zero-order valence-corrected chi connectivity index (χ0v) is 9.41. The molecule has 0 radical (unpaired) electrons. The molecule has 0 aromatic carbocycles. The van der Waals surface area contributed by atoms with Gasteiger partial charge in [-0.3, -0.25) is 0 Å². The van der Waals surface area contributed by atoms with Crippen molar-refractivity contribution in [3.8, 4) is 0 Å².